The zero-order valence-corrected chi connectivity index (χ0v) is 17.3. The van der Waals surface area contributed by atoms with E-state index in [-0.39, 0.29) is 17.7 Å². The van der Waals surface area contributed by atoms with E-state index in [0.29, 0.717) is 43.6 Å². The molecule has 1 fully saturated rings. The molecule has 2 amide bonds. The highest BCUT2D eigenvalue weighted by atomic mass is 16.5. The van der Waals surface area contributed by atoms with Crippen LogP contribution < -0.4 is 16.0 Å². The van der Waals surface area contributed by atoms with Crippen molar-refractivity contribution in [2.24, 2.45) is 16.1 Å². The standard InChI is InChI=1S/C21H27N7O3/c29-17(8-9-18-25-19(28-31-18)14-5-3-10-22-13-14)23-11-4-12-24-20-15-6-1-2-7-16(15)21(30)27-26-20/h1-2,6-7,14,16,22,24H,3-5,8-13H2,(H,23,29). The van der Waals surface area contributed by atoms with Crippen LogP contribution >= 0.6 is 0 Å². The molecule has 1 aromatic rings. The Morgan fingerprint density at radius 3 is 3.06 bits per heavy atom. The van der Waals surface area contributed by atoms with Gasteiger partial charge in [-0.05, 0) is 25.8 Å². The average Bonchev–Trinajstić information content (AvgIpc) is 3.29. The van der Waals surface area contributed by atoms with Crippen molar-refractivity contribution in [1.29, 1.82) is 0 Å². The van der Waals surface area contributed by atoms with Crippen LogP contribution in [0.3, 0.4) is 0 Å². The van der Waals surface area contributed by atoms with Crippen LogP contribution in [-0.4, -0.2) is 48.1 Å². The highest BCUT2D eigenvalue weighted by Crippen LogP contribution is 2.27. The Bertz CT molecular complexity index is 925. The quantitative estimate of drug-likeness (QED) is 0.511. The maximum atomic E-state index is 12.1. The van der Waals surface area contributed by atoms with Gasteiger partial charge in [0.15, 0.2) is 11.6 Å². The zero-order chi connectivity index (χ0) is 21.5. The molecule has 0 bridgehead atoms. The van der Waals surface area contributed by atoms with Crippen molar-refractivity contribution in [2.45, 2.75) is 38.0 Å². The van der Waals surface area contributed by atoms with E-state index in [9.17, 15) is 9.59 Å². The number of hydrogen-bond acceptors (Lipinski definition) is 8. The second kappa shape index (κ2) is 10.3. The number of aryl methyl sites for hydroxylation is 1. The number of rotatable bonds is 9. The molecule has 3 aliphatic rings. The third-order valence-electron chi connectivity index (χ3n) is 5.49. The lowest BCUT2D eigenvalue weighted by atomic mass is 9.93. The van der Waals surface area contributed by atoms with Crippen LogP contribution in [0.1, 0.15) is 43.3 Å². The van der Waals surface area contributed by atoms with E-state index in [0.717, 1.165) is 43.7 Å². The third kappa shape index (κ3) is 5.52. The average molecular weight is 425 g/mol. The van der Waals surface area contributed by atoms with Crippen LogP contribution in [0.4, 0.5) is 0 Å². The summed E-state index contributed by atoms with van der Waals surface area (Å²) in [5.74, 6) is 1.48. The molecule has 10 heteroatoms. The van der Waals surface area contributed by atoms with Gasteiger partial charge in [0.2, 0.25) is 11.8 Å². The molecule has 2 aliphatic heterocycles. The van der Waals surface area contributed by atoms with Gasteiger partial charge in [0.05, 0.1) is 5.92 Å². The molecule has 1 aromatic heterocycles. The van der Waals surface area contributed by atoms with Crippen molar-refractivity contribution in [1.82, 2.24) is 26.1 Å². The number of carbonyl (C=O) groups is 2. The Morgan fingerprint density at radius 2 is 2.19 bits per heavy atom. The van der Waals surface area contributed by atoms with Crippen molar-refractivity contribution in [3.05, 3.63) is 47.4 Å². The fraction of sp³-hybridized carbons (Fsp3) is 0.524. The number of nitrogens with zero attached hydrogens (tertiary/aromatic N) is 4. The molecule has 0 aromatic carbocycles. The van der Waals surface area contributed by atoms with Crippen molar-refractivity contribution in [3.63, 3.8) is 0 Å². The normalized spacial score (nSPS) is 22.5. The Balaban J connectivity index is 1.13. The molecule has 10 nitrogen and oxygen atoms in total. The summed E-state index contributed by atoms with van der Waals surface area (Å²) in [6.07, 6.45) is 11.0. The summed E-state index contributed by atoms with van der Waals surface area (Å²) in [6, 6.07) is 0. The van der Waals surface area contributed by atoms with Gasteiger partial charge in [0.25, 0.3) is 5.91 Å². The van der Waals surface area contributed by atoms with Gasteiger partial charge >= 0.3 is 0 Å². The van der Waals surface area contributed by atoms with E-state index in [1.54, 1.807) is 0 Å². The topological polar surface area (TPSA) is 134 Å². The highest BCUT2D eigenvalue weighted by molar-refractivity contribution is 5.86. The van der Waals surface area contributed by atoms with Crippen molar-refractivity contribution >= 4 is 11.8 Å². The number of fused-ring (bicyclic) bond motifs is 1. The van der Waals surface area contributed by atoms with Crippen LogP contribution in [0, 0.1) is 5.92 Å². The molecule has 3 N–H and O–H groups in total. The second-order valence-corrected chi connectivity index (χ2v) is 7.78. The molecule has 4 rings (SSSR count). The first kappa shape index (κ1) is 21.1. The van der Waals surface area contributed by atoms with E-state index < -0.39 is 0 Å². The number of hydrogen-bond donors (Lipinski definition) is 3. The van der Waals surface area contributed by atoms with Gasteiger partial charge in [-0.3, -0.25) is 9.59 Å². The minimum atomic E-state index is -0.357. The highest BCUT2D eigenvalue weighted by Gasteiger charge is 2.27. The van der Waals surface area contributed by atoms with Gasteiger partial charge in [0.1, 0.15) is 0 Å². The number of piperidine rings is 1. The van der Waals surface area contributed by atoms with Crippen LogP contribution in [0.25, 0.3) is 0 Å². The van der Waals surface area contributed by atoms with Crippen molar-refractivity contribution in [3.8, 4) is 0 Å². The second-order valence-electron chi connectivity index (χ2n) is 7.78. The van der Waals surface area contributed by atoms with E-state index in [1.807, 2.05) is 24.3 Å². The molecule has 2 atom stereocenters. The van der Waals surface area contributed by atoms with Crippen LogP contribution in [0.2, 0.25) is 0 Å². The number of aromatic nitrogens is 2. The summed E-state index contributed by atoms with van der Waals surface area (Å²) in [5, 5.41) is 21.2. The summed E-state index contributed by atoms with van der Waals surface area (Å²) >= 11 is 0. The largest absolute Gasteiger partial charge is 0.368 e. The molecule has 1 saturated heterocycles. The smallest absolute Gasteiger partial charge is 0.276 e. The van der Waals surface area contributed by atoms with Gasteiger partial charge in [-0.15, -0.1) is 10.2 Å². The lowest BCUT2D eigenvalue weighted by molar-refractivity contribution is -0.121. The maximum absolute atomic E-state index is 12.1. The summed E-state index contributed by atoms with van der Waals surface area (Å²) in [5.41, 5.74) is 0.828. The first-order valence-electron chi connectivity index (χ1n) is 10.8. The lowest BCUT2D eigenvalue weighted by Gasteiger charge is -2.20. The van der Waals surface area contributed by atoms with Gasteiger partial charge in [-0.1, -0.05) is 29.5 Å². The number of azo groups is 1. The molecule has 0 saturated carbocycles. The zero-order valence-electron chi connectivity index (χ0n) is 17.3. The number of amides is 2. The SMILES string of the molecule is O=C(CCc1nc(C2CCCNC2)no1)NCCCNC1=C2C=CC=CC2C(=O)N=N1. The summed E-state index contributed by atoms with van der Waals surface area (Å²) in [7, 11) is 0. The molecule has 1 aliphatic carbocycles. The van der Waals surface area contributed by atoms with Crippen molar-refractivity contribution < 1.29 is 14.1 Å². The van der Waals surface area contributed by atoms with Gasteiger partial charge in [-0.25, -0.2) is 0 Å². The summed E-state index contributed by atoms with van der Waals surface area (Å²) < 4.78 is 5.29. The Morgan fingerprint density at radius 1 is 1.26 bits per heavy atom. The summed E-state index contributed by atoms with van der Waals surface area (Å²) in [6.45, 7) is 3.05. The van der Waals surface area contributed by atoms with E-state index in [4.69, 9.17) is 4.52 Å². The van der Waals surface area contributed by atoms with Crippen LogP contribution in [-0.2, 0) is 16.0 Å². The number of carbonyl (C=O) groups excluding carboxylic acids is 2. The van der Waals surface area contributed by atoms with Crippen LogP contribution in [0.15, 0.2) is 50.4 Å². The molecule has 0 spiro atoms. The summed E-state index contributed by atoms with van der Waals surface area (Å²) in [4.78, 5) is 28.3. The van der Waals surface area contributed by atoms with E-state index in [2.05, 4.69) is 36.3 Å². The lowest BCUT2D eigenvalue weighted by Crippen LogP contribution is -2.29. The Kier molecular flexibility index (Phi) is 6.98. The van der Waals surface area contributed by atoms with Crippen molar-refractivity contribution in [2.75, 3.05) is 26.2 Å². The van der Waals surface area contributed by atoms with Gasteiger partial charge < -0.3 is 20.5 Å². The predicted molar refractivity (Wildman–Crippen MR) is 112 cm³/mol. The third-order valence-corrected chi connectivity index (χ3v) is 5.49. The Hall–Kier alpha value is -3.14. The van der Waals surface area contributed by atoms with E-state index >= 15 is 0 Å². The predicted octanol–water partition coefficient (Wildman–Crippen LogP) is 1.51. The molecule has 31 heavy (non-hydrogen) atoms. The van der Waals surface area contributed by atoms with E-state index in [1.165, 1.54) is 0 Å². The van der Waals surface area contributed by atoms with Gasteiger partial charge in [0, 0.05) is 44.0 Å². The monoisotopic (exact) mass is 425 g/mol. The molecular formula is C21H27N7O3. The Labute approximate surface area is 180 Å². The minimum Gasteiger partial charge on any atom is -0.368 e. The first-order valence-corrected chi connectivity index (χ1v) is 10.8. The molecular weight excluding hydrogens is 398 g/mol. The van der Waals surface area contributed by atoms with Gasteiger partial charge in [-0.2, -0.15) is 4.98 Å². The fourth-order valence-corrected chi connectivity index (χ4v) is 3.78. The fourth-order valence-electron chi connectivity index (χ4n) is 3.78. The van der Waals surface area contributed by atoms with Crippen LogP contribution in [0.5, 0.6) is 0 Å². The molecule has 0 radical (unpaired) electrons. The molecule has 3 heterocycles. The number of nitrogens with one attached hydrogen (secondary N) is 3. The maximum Gasteiger partial charge on any atom is 0.276 e. The molecule has 164 valence electrons. The number of allylic oxidation sites excluding steroid dienone is 3. The minimum absolute atomic E-state index is 0.0514. The first-order chi connectivity index (χ1) is 15.2. The molecule has 2 unspecified atom stereocenters.